The number of para-hydroxylation sites is 1. The molecule has 0 radical (unpaired) electrons. The molecule has 0 amide bonds. The molecule has 2 rings (SSSR count). The lowest BCUT2D eigenvalue weighted by Crippen LogP contribution is -2.29. The first-order valence-corrected chi connectivity index (χ1v) is 5.67. The average Bonchev–Trinajstić information content (AvgIpc) is 3.02. The standard InChI is InChI=1S/C13H19NO/c1-10(14-12-7-8-12)9-11-5-3-4-6-13(11)15-2/h3-6,10,12,14H,7-9H2,1-2H3/t10-/m1/s1. The molecule has 0 heterocycles. The monoisotopic (exact) mass is 205 g/mol. The summed E-state index contributed by atoms with van der Waals surface area (Å²) in [5, 5.41) is 3.60. The van der Waals surface area contributed by atoms with Crippen molar-refractivity contribution in [1.82, 2.24) is 5.32 Å². The van der Waals surface area contributed by atoms with Crippen molar-refractivity contribution in [1.29, 1.82) is 0 Å². The van der Waals surface area contributed by atoms with Crippen molar-refractivity contribution < 1.29 is 4.74 Å². The summed E-state index contributed by atoms with van der Waals surface area (Å²) in [6, 6.07) is 9.56. The Labute approximate surface area is 91.6 Å². The molecule has 1 aromatic rings. The molecule has 1 aliphatic carbocycles. The highest BCUT2D eigenvalue weighted by molar-refractivity contribution is 5.33. The van der Waals surface area contributed by atoms with Crippen molar-refractivity contribution >= 4 is 0 Å². The smallest absolute Gasteiger partial charge is 0.122 e. The van der Waals surface area contributed by atoms with E-state index < -0.39 is 0 Å². The van der Waals surface area contributed by atoms with Crippen LogP contribution in [0.5, 0.6) is 5.75 Å². The summed E-state index contributed by atoms with van der Waals surface area (Å²) < 4.78 is 5.34. The minimum Gasteiger partial charge on any atom is -0.496 e. The quantitative estimate of drug-likeness (QED) is 0.797. The highest BCUT2D eigenvalue weighted by atomic mass is 16.5. The van der Waals surface area contributed by atoms with Crippen LogP contribution in [0.3, 0.4) is 0 Å². The van der Waals surface area contributed by atoms with E-state index in [4.69, 9.17) is 4.74 Å². The molecule has 0 saturated heterocycles. The molecule has 1 aromatic carbocycles. The minimum absolute atomic E-state index is 0.536. The molecular weight excluding hydrogens is 186 g/mol. The van der Waals surface area contributed by atoms with Gasteiger partial charge in [0.1, 0.15) is 5.75 Å². The van der Waals surface area contributed by atoms with E-state index in [0.717, 1.165) is 18.2 Å². The second kappa shape index (κ2) is 4.67. The molecule has 0 spiro atoms. The van der Waals surface area contributed by atoms with Crippen LogP contribution in [-0.4, -0.2) is 19.2 Å². The molecule has 0 aliphatic heterocycles. The summed E-state index contributed by atoms with van der Waals surface area (Å²) in [6.07, 6.45) is 3.73. The lowest BCUT2D eigenvalue weighted by molar-refractivity contribution is 0.406. The lowest BCUT2D eigenvalue weighted by atomic mass is 10.1. The summed E-state index contributed by atoms with van der Waals surface area (Å²) in [4.78, 5) is 0. The zero-order valence-electron chi connectivity index (χ0n) is 9.49. The number of benzene rings is 1. The topological polar surface area (TPSA) is 21.3 Å². The van der Waals surface area contributed by atoms with Gasteiger partial charge < -0.3 is 10.1 Å². The molecule has 2 heteroatoms. The summed E-state index contributed by atoms with van der Waals surface area (Å²) in [6.45, 7) is 2.24. The fourth-order valence-corrected chi connectivity index (χ4v) is 1.91. The van der Waals surface area contributed by atoms with E-state index in [0.29, 0.717) is 6.04 Å². The van der Waals surface area contributed by atoms with E-state index in [1.807, 2.05) is 12.1 Å². The molecule has 0 unspecified atom stereocenters. The van der Waals surface area contributed by atoms with Crippen molar-refractivity contribution in [3.8, 4) is 5.75 Å². The summed E-state index contributed by atoms with van der Waals surface area (Å²) >= 11 is 0. The van der Waals surface area contributed by atoms with Gasteiger partial charge in [-0.05, 0) is 37.8 Å². The number of ether oxygens (including phenoxy) is 1. The Hall–Kier alpha value is -1.02. The SMILES string of the molecule is COc1ccccc1C[C@@H](C)NC1CC1. The van der Waals surface area contributed by atoms with Crippen LogP contribution in [0.15, 0.2) is 24.3 Å². The fourth-order valence-electron chi connectivity index (χ4n) is 1.91. The van der Waals surface area contributed by atoms with E-state index in [1.165, 1.54) is 18.4 Å². The van der Waals surface area contributed by atoms with Crippen LogP contribution in [0.1, 0.15) is 25.3 Å². The van der Waals surface area contributed by atoms with E-state index in [2.05, 4.69) is 24.4 Å². The minimum atomic E-state index is 0.536. The zero-order valence-corrected chi connectivity index (χ0v) is 9.49. The van der Waals surface area contributed by atoms with E-state index >= 15 is 0 Å². The molecule has 2 nitrogen and oxygen atoms in total. The van der Waals surface area contributed by atoms with Crippen LogP contribution in [0, 0.1) is 0 Å². The number of hydrogen-bond donors (Lipinski definition) is 1. The van der Waals surface area contributed by atoms with Gasteiger partial charge in [0.25, 0.3) is 0 Å². The highest BCUT2D eigenvalue weighted by Crippen LogP contribution is 2.22. The van der Waals surface area contributed by atoms with Gasteiger partial charge in [-0.3, -0.25) is 0 Å². The van der Waals surface area contributed by atoms with Gasteiger partial charge in [0, 0.05) is 12.1 Å². The first-order valence-electron chi connectivity index (χ1n) is 5.67. The average molecular weight is 205 g/mol. The van der Waals surface area contributed by atoms with Crippen LogP contribution in [0.25, 0.3) is 0 Å². The van der Waals surface area contributed by atoms with E-state index in [9.17, 15) is 0 Å². The van der Waals surface area contributed by atoms with Crippen LogP contribution >= 0.6 is 0 Å². The highest BCUT2D eigenvalue weighted by Gasteiger charge is 2.22. The molecule has 15 heavy (non-hydrogen) atoms. The van der Waals surface area contributed by atoms with Gasteiger partial charge in [-0.1, -0.05) is 18.2 Å². The van der Waals surface area contributed by atoms with Crippen molar-refractivity contribution in [2.75, 3.05) is 7.11 Å². The normalized spacial score (nSPS) is 17.5. The molecule has 1 saturated carbocycles. The van der Waals surface area contributed by atoms with Gasteiger partial charge in [0.2, 0.25) is 0 Å². The van der Waals surface area contributed by atoms with Crippen LogP contribution in [0.4, 0.5) is 0 Å². The predicted molar refractivity (Wildman–Crippen MR) is 62.3 cm³/mol. The molecule has 1 fully saturated rings. The Morgan fingerprint density at radius 1 is 1.40 bits per heavy atom. The largest absolute Gasteiger partial charge is 0.496 e. The number of nitrogens with one attached hydrogen (secondary N) is 1. The Bertz CT molecular complexity index is 320. The van der Waals surface area contributed by atoms with E-state index in [-0.39, 0.29) is 0 Å². The fraction of sp³-hybridized carbons (Fsp3) is 0.538. The van der Waals surface area contributed by atoms with Gasteiger partial charge in [-0.2, -0.15) is 0 Å². The van der Waals surface area contributed by atoms with Crippen LogP contribution in [-0.2, 0) is 6.42 Å². The molecular formula is C13H19NO. The van der Waals surface area contributed by atoms with Crippen molar-refractivity contribution in [2.45, 2.75) is 38.3 Å². The maximum Gasteiger partial charge on any atom is 0.122 e. The third-order valence-corrected chi connectivity index (χ3v) is 2.82. The molecule has 1 N–H and O–H groups in total. The van der Waals surface area contributed by atoms with Gasteiger partial charge >= 0.3 is 0 Å². The molecule has 0 bridgehead atoms. The maximum absolute atomic E-state index is 5.34. The molecule has 82 valence electrons. The van der Waals surface area contributed by atoms with Crippen molar-refractivity contribution in [3.05, 3.63) is 29.8 Å². The molecule has 1 aliphatic rings. The van der Waals surface area contributed by atoms with Gasteiger partial charge in [0.15, 0.2) is 0 Å². The number of rotatable bonds is 5. The summed E-state index contributed by atoms with van der Waals surface area (Å²) in [5.41, 5.74) is 1.29. The van der Waals surface area contributed by atoms with Gasteiger partial charge in [-0.25, -0.2) is 0 Å². The molecule has 0 aromatic heterocycles. The van der Waals surface area contributed by atoms with E-state index in [1.54, 1.807) is 7.11 Å². The summed E-state index contributed by atoms with van der Waals surface area (Å²) in [7, 11) is 1.73. The Morgan fingerprint density at radius 3 is 2.80 bits per heavy atom. The Balaban J connectivity index is 1.95. The van der Waals surface area contributed by atoms with Gasteiger partial charge in [-0.15, -0.1) is 0 Å². The Morgan fingerprint density at radius 2 is 2.13 bits per heavy atom. The second-order valence-corrected chi connectivity index (χ2v) is 4.36. The predicted octanol–water partition coefficient (Wildman–Crippen LogP) is 2.38. The zero-order chi connectivity index (χ0) is 10.7. The third-order valence-electron chi connectivity index (χ3n) is 2.82. The Kier molecular flexibility index (Phi) is 3.27. The van der Waals surface area contributed by atoms with Crippen molar-refractivity contribution in [2.24, 2.45) is 0 Å². The lowest BCUT2D eigenvalue weighted by Gasteiger charge is -2.15. The number of hydrogen-bond acceptors (Lipinski definition) is 2. The van der Waals surface area contributed by atoms with Crippen LogP contribution < -0.4 is 10.1 Å². The number of methoxy groups -OCH3 is 1. The first kappa shape index (κ1) is 10.5. The van der Waals surface area contributed by atoms with Crippen molar-refractivity contribution in [3.63, 3.8) is 0 Å². The summed E-state index contributed by atoms with van der Waals surface area (Å²) in [5.74, 6) is 1.00. The second-order valence-electron chi connectivity index (χ2n) is 4.36. The first-order chi connectivity index (χ1) is 7.29. The van der Waals surface area contributed by atoms with Crippen LogP contribution in [0.2, 0.25) is 0 Å². The third kappa shape index (κ3) is 2.96. The van der Waals surface area contributed by atoms with Gasteiger partial charge in [0.05, 0.1) is 7.11 Å². The maximum atomic E-state index is 5.34. The molecule has 1 atom stereocenters.